The van der Waals surface area contributed by atoms with Crippen LogP contribution in [0.2, 0.25) is 0 Å². The predicted octanol–water partition coefficient (Wildman–Crippen LogP) is 3.34. The molecule has 2 aromatic rings. The van der Waals surface area contributed by atoms with Gasteiger partial charge in [0.15, 0.2) is 0 Å². The molecule has 0 aliphatic rings. The Morgan fingerprint density at radius 2 is 2.27 bits per heavy atom. The number of hydrogen-bond acceptors (Lipinski definition) is 3. The molecule has 0 aliphatic heterocycles. The Morgan fingerprint density at radius 1 is 1.40 bits per heavy atom. The third-order valence-electron chi connectivity index (χ3n) is 2.20. The van der Waals surface area contributed by atoms with Crippen molar-refractivity contribution in [2.45, 2.75) is 19.8 Å². The molecule has 1 aromatic heterocycles. The van der Waals surface area contributed by atoms with Gasteiger partial charge >= 0.3 is 0 Å². The summed E-state index contributed by atoms with van der Waals surface area (Å²) in [5.74, 6) is 0. The third-order valence-corrected chi connectivity index (χ3v) is 3.11. The smallest absolute Gasteiger partial charge is 0.0932 e. The SMILES string of the molecule is CCCc1nc(-c2cccc(N)c2)cs1. The highest BCUT2D eigenvalue weighted by atomic mass is 32.1. The van der Waals surface area contributed by atoms with Crippen LogP contribution in [0.5, 0.6) is 0 Å². The zero-order valence-electron chi connectivity index (χ0n) is 8.73. The van der Waals surface area contributed by atoms with Gasteiger partial charge in [0, 0.05) is 16.6 Å². The minimum absolute atomic E-state index is 0.789. The van der Waals surface area contributed by atoms with Crippen LogP contribution in [-0.4, -0.2) is 4.98 Å². The van der Waals surface area contributed by atoms with Gasteiger partial charge in [-0.2, -0.15) is 0 Å². The van der Waals surface area contributed by atoms with Crippen LogP contribution in [0.15, 0.2) is 29.6 Å². The number of aryl methyl sites for hydroxylation is 1. The predicted molar refractivity (Wildman–Crippen MR) is 66.0 cm³/mol. The minimum Gasteiger partial charge on any atom is -0.399 e. The van der Waals surface area contributed by atoms with Crippen LogP contribution in [0.3, 0.4) is 0 Å². The highest BCUT2D eigenvalue weighted by Gasteiger charge is 2.03. The molecule has 0 radical (unpaired) electrons. The standard InChI is InChI=1S/C12H14N2S/c1-2-4-12-14-11(8-15-12)9-5-3-6-10(13)7-9/h3,5-8H,2,4,13H2,1H3. The van der Waals surface area contributed by atoms with Crippen molar-refractivity contribution in [2.24, 2.45) is 0 Å². The maximum atomic E-state index is 5.74. The number of anilines is 1. The lowest BCUT2D eigenvalue weighted by Crippen LogP contribution is -1.86. The number of nitrogen functional groups attached to an aromatic ring is 1. The van der Waals surface area contributed by atoms with Crippen LogP contribution < -0.4 is 5.73 Å². The van der Waals surface area contributed by atoms with Gasteiger partial charge in [-0.1, -0.05) is 19.1 Å². The van der Waals surface area contributed by atoms with Gasteiger partial charge < -0.3 is 5.73 Å². The van der Waals surface area contributed by atoms with Crippen molar-refractivity contribution in [2.75, 3.05) is 5.73 Å². The minimum atomic E-state index is 0.789. The largest absolute Gasteiger partial charge is 0.399 e. The maximum Gasteiger partial charge on any atom is 0.0932 e. The first-order chi connectivity index (χ1) is 7.29. The first-order valence-corrected chi connectivity index (χ1v) is 5.98. The van der Waals surface area contributed by atoms with Crippen LogP contribution >= 0.6 is 11.3 Å². The van der Waals surface area contributed by atoms with Gasteiger partial charge in [-0.05, 0) is 25.0 Å². The van der Waals surface area contributed by atoms with Crippen molar-refractivity contribution in [3.05, 3.63) is 34.7 Å². The molecule has 3 heteroatoms. The highest BCUT2D eigenvalue weighted by Crippen LogP contribution is 2.23. The van der Waals surface area contributed by atoms with Crippen molar-refractivity contribution >= 4 is 17.0 Å². The van der Waals surface area contributed by atoms with Gasteiger partial charge in [-0.15, -0.1) is 11.3 Å². The van der Waals surface area contributed by atoms with Crippen molar-refractivity contribution < 1.29 is 0 Å². The molecule has 0 amide bonds. The molecule has 0 saturated heterocycles. The van der Waals surface area contributed by atoms with E-state index in [2.05, 4.69) is 17.3 Å². The molecule has 1 aromatic carbocycles. The van der Waals surface area contributed by atoms with E-state index in [0.717, 1.165) is 29.8 Å². The topological polar surface area (TPSA) is 38.9 Å². The van der Waals surface area contributed by atoms with E-state index >= 15 is 0 Å². The molecule has 0 spiro atoms. The molecule has 0 fully saturated rings. The molecule has 78 valence electrons. The van der Waals surface area contributed by atoms with E-state index in [9.17, 15) is 0 Å². The molecule has 0 saturated carbocycles. The summed E-state index contributed by atoms with van der Waals surface area (Å²) in [7, 11) is 0. The zero-order chi connectivity index (χ0) is 10.7. The monoisotopic (exact) mass is 218 g/mol. The number of nitrogens with zero attached hydrogens (tertiary/aromatic N) is 1. The lowest BCUT2D eigenvalue weighted by molar-refractivity contribution is 0.910. The molecule has 0 atom stereocenters. The number of rotatable bonds is 3. The number of nitrogens with two attached hydrogens (primary N) is 1. The number of hydrogen-bond donors (Lipinski definition) is 1. The fourth-order valence-corrected chi connectivity index (χ4v) is 2.38. The van der Waals surface area contributed by atoms with Gasteiger partial charge in [0.1, 0.15) is 0 Å². The first kappa shape index (κ1) is 10.2. The summed E-state index contributed by atoms with van der Waals surface area (Å²) in [4.78, 5) is 4.57. The molecule has 2 N–H and O–H groups in total. The first-order valence-electron chi connectivity index (χ1n) is 5.10. The zero-order valence-corrected chi connectivity index (χ0v) is 9.55. The second-order valence-electron chi connectivity index (χ2n) is 3.50. The average Bonchev–Trinajstić information content (AvgIpc) is 2.67. The van der Waals surface area contributed by atoms with Gasteiger partial charge in [0.05, 0.1) is 10.7 Å². The van der Waals surface area contributed by atoms with Gasteiger partial charge in [0.25, 0.3) is 0 Å². The van der Waals surface area contributed by atoms with E-state index in [1.54, 1.807) is 11.3 Å². The maximum absolute atomic E-state index is 5.74. The molecule has 0 unspecified atom stereocenters. The fourth-order valence-electron chi connectivity index (χ4n) is 1.47. The normalized spacial score (nSPS) is 10.5. The van der Waals surface area contributed by atoms with E-state index < -0.39 is 0 Å². The lowest BCUT2D eigenvalue weighted by Gasteiger charge is -1.97. The summed E-state index contributed by atoms with van der Waals surface area (Å²) in [6.45, 7) is 2.17. The van der Waals surface area contributed by atoms with E-state index in [-0.39, 0.29) is 0 Å². The molecule has 2 nitrogen and oxygen atoms in total. The molecule has 15 heavy (non-hydrogen) atoms. The number of benzene rings is 1. The summed E-state index contributed by atoms with van der Waals surface area (Å²) in [5.41, 5.74) is 8.67. The van der Waals surface area contributed by atoms with E-state index in [1.807, 2.05) is 24.3 Å². The fraction of sp³-hybridized carbons (Fsp3) is 0.250. The van der Waals surface area contributed by atoms with E-state index in [1.165, 1.54) is 5.01 Å². The van der Waals surface area contributed by atoms with Crippen LogP contribution in [0, 0.1) is 0 Å². The van der Waals surface area contributed by atoms with Crippen molar-refractivity contribution in [3.63, 3.8) is 0 Å². The van der Waals surface area contributed by atoms with Crippen LogP contribution in [0.25, 0.3) is 11.3 Å². The summed E-state index contributed by atoms with van der Waals surface area (Å²) in [6, 6.07) is 7.86. The average molecular weight is 218 g/mol. The molecule has 2 rings (SSSR count). The Balaban J connectivity index is 2.29. The summed E-state index contributed by atoms with van der Waals surface area (Å²) in [5, 5.41) is 3.30. The van der Waals surface area contributed by atoms with Crippen LogP contribution in [-0.2, 0) is 6.42 Å². The van der Waals surface area contributed by atoms with Crippen molar-refractivity contribution in [1.29, 1.82) is 0 Å². The Labute approximate surface area is 93.8 Å². The Bertz CT molecular complexity index is 448. The number of thiazole rings is 1. The Morgan fingerprint density at radius 3 is 3.00 bits per heavy atom. The second-order valence-corrected chi connectivity index (χ2v) is 4.44. The molecule has 0 bridgehead atoms. The van der Waals surface area contributed by atoms with Crippen molar-refractivity contribution in [1.82, 2.24) is 4.98 Å². The van der Waals surface area contributed by atoms with E-state index in [4.69, 9.17) is 5.73 Å². The van der Waals surface area contributed by atoms with Crippen molar-refractivity contribution in [3.8, 4) is 11.3 Å². The number of aromatic nitrogens is 1. The second kappa shape index (κ2) is 4.45. The molecule has 0 aliphatic carbocycles. The highest BCUT2D eigenvalue weighted by molar-refractivity contribution is 7.09. The van der Waals surface area contributed by atoms with E-state index in [0.29, 0.717) is 0 Å². The molecular weight excluding hydrogens is 204 g/mol. The lowest BCUT2D eigenvalue weighted by atomic mass is 10.1. The van der Waals surface area contributed by atoms with Crippen LogP contribution in [0.4, 0.5) is 5.69 Å². The summed E-state index contributed by atoms with van der Waals surface area (Å²) < 4.78 is 0. The van der Waals surface area contributed by atoms with Gasteiger partial charge in [-0.3, -0.25) is 0 Å². The molecule has 1 heterocycles. The van der Waals surface area contributed by atoms with Gasteiger partial charge in [0.2, 0.25) is 0 Å². The van der Waals surface area contributed by atoms with Gasteiger partial charge in [-0.25, -0.2) is 4.98 Å². The Kier molecular flexibility index (Phi) is 3.02. The summed E-state index contributed by atoms with van der Waals surface area (Å²) in [6.07, 6.45) is 2.21. The third kappa shape index (κ3) is 2.36. The van der Waals surface area contributed by atoms with Crippen LogP contribution in [0.1, 0.15) is 18.4 Å². The molecular formula is C12H14N2S. The quantitative estimate of drug-likeness (QED) is 0.802. The summed E-state index contributed by atoms with van der Waals surface area (Å²) >= 11 is 1.72. The Hall–Kier alpha value is -1.35.